The first kappa shape index (κ1) is 25.5. The highest BCUT2D eigenvalue weighted by atomic mass is 32.2. The van der Waals surface area contributed by atoms with Crippen LogP contribution in [-0.2, 0) is 18.7 Å². The minimum absolute atomic E-state index is 0.132. The number of hydrogen-bond acceptors (Lipinski definition) is 4. The van der Waals surface area contributed by atoms with E-state index in [0.717, 1.165) is 6.26 Å². The molecule has 0 aromatic heterocycles. The van der Waals surface area contributed by atoms with Gasteiger partial charge in [-0.25, -0.2) is 0 Å². The lowest BCUT2D eigenvalue weighted by molar-refractivity contribution is 0.0819. The second-order valence-electron chi connectivity index (χ2n) is 9.31. The quantitative estimate of drug-likeness (QED) is 0.300. The van der Waals surface area contributed by atoms with Crippen molar-refractivity contribution in [2.75, 3.05) is 12.9 Å². The molecule has 0 aliphatic rings. The Morgan fingerprint density at radius 2 is 1.42 bits per heavy atom. The average Bonchev–Trinajstić information content (AvgIpc) is 2.71. The van der Waals surface area contributed by atoms with Crippen LogP contribution >= 0.6 is 0 Å². The summed E-state index contributed by atoms with van der Waals surface area (Å²) < 4.78 is 36.2. The summed E-state index contributed by atoms with van der Waals surface area (Å²) in [6.07, 6.45) is 2.28. The normalized spacial score (nSPS) is 15.8. The van der Waals surface area contributed by atoms with Crippen LogP contribution in [0.3, 0.4) is 0 Å². The number of rotatable bonds is 10. The van der Waals surface area contributed by atoms with Crippen LogP contribution in [-0.4, -0.2) is 35.7 Å². The molecule has 0 heterocycles. The molecule has 0 bridgehead atoms. The van der Waals surface area contributed by atoms with E-state index in [9.17, 15) is 8.42 Å². The van der Waals surface area contributed by atoms with E-state index in [4.69, 9.17) is 8.61 Å². The zero-order valence-corrected chi connectivity index (χ0v) is 21.4. The van der Waals surface area contributed by atoms with Crippen molar-refractivity contribution in [1.29, 1.82) is 0 Å². The molecule has 0 aliphatic carbocycles. The first-order valence-corrected chi connectivity index (χ1v) is 14.4. The largest absolute Gasteiger partial charge is 0.407 e. The molecule has 0 fully saturated rings. The average molecular weight is 461 g/mol. The van der Waals surface area contributed by atoms with E-state index in [-0.39, 0.29) is 16.9 Å². The molecule has 0 unspecified atom stereocenters. The monoisotopic (exact) mass is 460 g/mol. The predicted octanol–water partition coefficient (Wildman–Crippen LogP) is 4.37. The van der Waals surface area contributed by atoms with Crippen molar-refractivity contribution in [2.24, 2.45) is 11.8 Å². The van der Waals surface area contributed by atoms with Gasteiger partial charge in [-0.2, -0.15) is 8.42 Å². The second-order valence-corrected chi connectivity index (χ2v) is 15.2. The van der Waals surface area contributed by atoms with Gasteiger partial charge in [0, 0.05) is 18.4 Å². The Morgan fingerprint density at radius 3 is 1.77 bits per heavy atom. The summed E-state index contributed by atoms with van der Waals surface area (Å²) in [6.45, 7) is 14.8. The molecule has 0 radical (unpaired) electrons. The Morgan fingerprint density at radius 1 is 0.968 bits per heavy atom. The maximum Gasteiger partial charge on any atom is 0.264 e. The molecule has 2 aromatic rings. The molecule has 31 heavy (non-hydrogen) atoms. The van der Waals surface area contributed by atoms with Crippen LogP contribution in [0, 0.1) is 11.8 Å². The van der Waals surface area contributed by atoms with E-state index in [1.54, 1.807) is 6.08 Å². The maximum atomic E-state index is 11.9. The van der Waals surface area contributed by atoms with Gasteiger partial charge in [0.15, 0.2) is 0 Å². The summed E-state index contributed by atoms with van der Waals surface area (Å²) in [5, 5.41) is 2.24. The fourth-order valence-electron chi connectivity index (χ4n) is 4.15. The summed E-state index contributed by atoms with van der Waals surface area (Å²) in [7, 11) is -6.29. The van der Waals surface area contributed by atoms with E-state index in [0.29, 0.717) is 6.61 Å². The molecule has 3 atom stereocenters. The highest BCUT2D eigenvalue weighted by molar-refractivity contribution is 7.86. The van der Waals surface area contributed by atoms with E-state index in [2.05, 4.69) is 51.6 Å². The van der Waals surface area contributed by atoms with Gasteiger partial charge >= 0.3 is 0 Å². The first-order valence-electron chi connectivity index (χ1n) is 10.7. The maximum absolute atomic E-state index is 11.9. The van der Waals surface area contributed by atoms with Gasteiger partial charge in [0.1, 0.15) is 0 Å². The summed E-state index contributed by atoms with van der Waals surface area (Å²) in [5.74, 6) is -0.281. The topological polar surface area (TPSA) is 52.6 Å². The van der Waals surface area contributed by atoms with Crippen molar-refractivity contribution in [3.8, 4) is 0 Å². The van der Waals surface area contributed by atoms with Gasteiger partial charge in [-0.3, -0.25) is 4.18 Å². The zero-order chi connectivity index (χ0) is 23.3. The fourth-order valence-corrected chi connectivity index (χ4v) is 9.59. The molecule has 6 heteroatoms. The van der Waals surface area contributed by atoms with Crippen molar-refractivity contribution < 1.29 is 17.0 Å². The summed E-state index contributed by atoms with van der Waals surface area (Å²) in [5.41, 5.74) is 0. The van der Waals surface area contributed by atoms with Gasteiger partial charge in [-0.1, -0.05) is 101 Å². The fraction of sp³-hybridized carbons (Fsp3) is 0.440. The van der Waals surface area contributed by atoms with Gasteiger partial charge in [0.25, 0.3) is 18.4 Å². The molecule has 0 spiro atoms. The molecular formula is C25H36O4SSi. The zero-order valence-electron chi connectivity index (χ0n) is 19.5. The number of benzene rings is 2. The smallest absolute Gasteiger partial charge is 0.264 e. The molecule has 170 valence electrons. The van der Waals surface area contributed by atoms with Gasteiger partial charge < -0.3 is 4.43 Å². The third-order valence-corrected chi connectivity index (χ3v) is 11.3. The Kier molecular flexibility index (Phi) is 8.45. The minimum Gasteiger partial charge on any atom is -0.407 e. The Hall–Kier alpha value is -1.73. The molecule has 0 saturated carbocycles. The minimum atomic E-state index is -3.60. The van der Waals surface area contributed by atoms with Gasteiger partial charge in [0.05, 0.1) is 12.4 Å². The standard InChI is InChI=1S/C25H36O4SSi/c1-8-20(2)24(29-30(7,26)27)21(3)19-28-31(25(4,5)6,22-15-11-9-12-16-22)23-17-13-10-14-18-23/h8-18,20-21,24H,1,19H2,2-7H3/t20-,21+,24+/m1/s1. The van der Waals surface area contributed by atoms with Crippen LogP contribution in [0.1, 0.15) is 34.6 Å². The predicted molar refractivity (Wildman–Crippen MR) is 132 cm³/mol. The molecular weight excluding hydrogens is 424 g/mol. The SMILES string of the molecule is C=C[C@@H](C)[C@H](OS(C)(=O)=O)[C@@H](C)CO[Si](c1ccccc1)(c1ccccc1)C(C)(C)C. The molecule has 0 aliphatic heterocycles. The highest BCUT2D eigenvalue weighted by Gasteiger charge is 2.50. The third kappa shape index (κ3) is 6.16. The molecule has 0 saturated heterocycles. The van der Waals surface area contributed by atoms with E-state index in [1.165, 1.54) is 10.4 Å². The van der Waals surface area contributed by atoms with E-state index in [1.807, 2.05) is 50.2 Å². The van der Waals surface area contributed by atoms with E-state index >= 15 is 0 Å². The Labute approximate surface area is 189 Å². The molecule has 0 N–H and O–H groups in total. The van der Waals surface area contributed by atoms with Crippen molar-refractivity contribution in [1.82, 2.24) is 0 Å². The highest BCUT2D eigenvalue weighted by Crippen LogP contribution is 2.37. The van der Waals surface area contributed by atoms with Crippen molar-refractivity contribution in [3.05, 3.63) is 73.3 Å². The van der Waals surface area contributed by atoms with Crippen LogP contribution in [0.2, 0.25) is 5.04 Å². The molecule has 0 amide bonds. The summed E-state index contributed by atoms with van der Waals surface area (Å²) in [6, 6.07) is 20.8. The third-order valence-electron chi connectivity index (χ3n) is 5.72. The van der Waals surface area contributed by atoms with E-state index < -0.39 is 24.5 Å². The lowest BCUT2D eigenvalue weighted by Crippen LogP contribution is -2.67. The summed E-state index contributed by atoms with van der Waals surface area (Å²) in [4.78, 5) is 0. The lowest BCUT2D eigenvalue weighted by Gasteiger charge is -2.44. The van der Waals surface area contributed by atoms with Crippen LogP contribution in [0.5, 0.6) is 0 Å². The van der Waals surface area contributed by atoms with Crippen LogP contribution in [0.25, 0.3) is 0 Å². The first-order chi connectivity index (χ1) is 14.4. The van der Waals surface area contributed by atoms with Crippen molar-refractivity contribution in [2.45, 2.75) is 45.8 Å². The van der Waals surface area contributed by atoms with Crippen LogP contribution < -0.4 is 10.4 Å². The molecule has 2 rings (SSSR count). The lowest BCUT2D eigenvalue weighted by atomic mass is 9.94. The van der Waals surface area contributed by atoms with Gasteiger partial charge in [-0.05, 0) is 15.4 Å². The Bertz CT molecular complexity index is 897. The van der Waals surface area contributed by atoms with Crippen molar-refractivity contribution >= 4 is 28.8 Å². The van der Waals surface area contributed by atoms with Crippen LogP contribution in [0.15, 0.2) is 73.3 Å². The van der Waals surface area contributed by atoms with Crippen molar-refractivity contribution in [3.63, 3.8) is 0 Å². The number of hydrogen-bond donors (Lipinski definition) is 0. The molecule has 2 aromatic carbocycles. The molecule has 4 nitrogen and oxygen atoms in total. The second kappa shape index (κ2) is 10.3. The van der Waals surface area contributed by atoms with Gasteiger partial charge in [0.2, 0.25) is 0 Å². The van der Waals surface area contributed by atoms with Crippen LogP contribution in [0.4, 0.5) is 0 Å². The van der Waals surface area contributed by atoms with Gasteiger partial charge in [-0.15, -0.1) is 6.58 Å². The Balaban J connectivity index is 2.50. The summed E-state index contributed by atoms with van der Waals surface area (Å²) >= 11 is 0.